The number of benzene rings is 1. The fourth-order valence-corrected chi connectivity index (χ4v) is 4.68. The molecule has 0 aliphatic heterocycles. The lowest BCUT2D eigenvalue weighted by Gasteiger charge is -2.48. The molecule has 2 atom stereocenters. The van der Waals surface area contributed by atoms with Crippen molar-refractivity contribution in [2.45, 2.75) is 70.2 Å². The van der Waals surface area contributed by atoms with Crippen molar-refractivity contribution in [3.05, 3.63) is 60.7 Å². The van der Waals surface area contributed by atoms with E-state index in [-0.39, 0.29) is 10.5 Å². The van der Waals surface area contributed by atoms with Gasteiger partial charge in [-0.25, -0.2) is 0 Å². The fourth-order valence-electron chi connectivity index (χ4n) is 3.63. The first-order valence-electron chi connectivity index (χ1n) is 9.77. The van der Waals surface area contributed by atoms with E-state index in [1.54, 1.807) is 6.08 Å². The van der Waals surface area contributed by atoms with Gasteiger partial charge in [0.05, 0.1) is 0 Å². The fraction of sp³-hybridized carbons (Fsp3) is 0.565. The molecule has 2 rings (SSSR count). The zero-order chi connectivity index (χ0) is 19.5. The molecule has 0 spiro atoms. The van der Waals surface area contributed by atoms with E-state index in [0.717, 1.165) is 25.7 Å². The summed E-state index contributed by atoms with van der Waals surface area (Å²) in [4.78, 5) is 0. The summed E-state index contributed by atoms with van der Waals surface area (Å²) in [6.45, 7) is 16.0. The maximum absolute atomic E-state index is 11.4. The quantitative estimate of drug-likeness (QED) is 0.477. The Labute approximate surface area is 161 Å². The van der Waals surface area contributed by atoms with Gasteiger partial charge < -0.3 is 9.53 Å². The van der Waals surface area contributed by atoms with E-state index in [2.05, 4.69) is 70.8 Å². The lowest BCUT2D eigenvalue weighted by atomic mass is 9.61. The Morgan fingerprint density at radius 1 is 1.23 bits per heavy atom. The Morgan fingerprint density at radius 3 is 2.46 bits per heavy atom. The van der Waals surface area contributed by atoms with Gasteiger partial charge in [-0.1, -0.05) is 75.9 Å². The Bertz CT molecular complexity index is 629. The topological polar surface area (TPSA) is 29.5 Å². The molecule has 1 aliphatic rings. The van der Waals surface area contributed by atoms with Crippen molar-refractivity contribution in [3.8, 4) is 0 Å². The van der Waals surface area contributed by atoms with Crippen LogP contribution in [0.4, 0.5) is 0 Å². The molecule has 0 heterocycles. The van der Waals surface area contributed by atoms with Crippen molar-refractivity contribution in [1.82, 2.24) is 0 Å². The Balaban J connectivity index is 2.24. The van der Waals surface area contributed by atoms with Gasteiger partial charge in [0.25, 0.3) is 0 Å². The Hall–Kier alpha value is -1.16. The van der Waals surface area contributed by atoms with Crippen molar-refractivity contribution in [2.24, 2.45) is 5.41 Å². The van der Waals surface area contributed by atoms with Gasteiger partial charge >= 0.3 is 0 Å². The molecule has 144 valence electrons. The van der Waals surface area contributed by atoms with Gasteiger partial charge in [0.1, 0.15) is 5.60 Å². The highest BCUT2D eigenvalue weighted by Crippen LogP contribution is 2.47. The van der Waals surface area contributed by atoms with Crippen molar-refractivity contribution >= 4 is 8.32 Å². The molecule has 1 aliphatic carbocycles. The van der Waals surface area contributed by atoms with Gasteiger partial charge in [-0.15, -0.1) is 0 Å². The zero-order valence-corrected chi connectivity index (χ0v) is 18.2. The molecule has 1 aromatic rings. The molecule has 3 heteroatoms. The number of hydrogen-bond donors (Lipinski definition) is 1. The van der Waals surface area contributed by atoms with Crippen LogP contribution in [0.1, 0.15) is 45.6 Å². The van der Waals surface area contributed by atoms with Gasteiger partial charge in [-0.2, -0.15) is 0 Å². The van der Waals surface area contributed by atoms with E-state index in [0.29, 0.717) is 6.61 Å². The maximum atomic E-state index is 11.4. The van der Waals surface area contributed by atoms with Gasteiger partial charge in [0.15, 0.2) is 8.32 Å². The van der Waals surface area contributed by atoms with E-state index in [1.807, 2.05) is 12.1 Å². The predicted octanol–water partition coefficient (Wildman–Crippen LogP) is 5.89. The minimum atomic E-state index is -1.80. The molecule has 2 nitrogen and oxygen atoms in total. The molecular weight excluding hydrogens is 336 g/mol. The second kappa shape index (κ2) is 7.83. The zero-order valence-electron chi connectivity index (χ0n) is 17.2. The molecule has 0 saturated carbocycles. The van der Waals surface area contributed by atoms with Crippen LogP contribution < -0.4 is 0 Å². The summed E-state index contributed by atoms with van der Waals surface area (Å²) in [6, 6.07) is 10.5. The number of hydrogen-bond acceptors (Lipinski definition) is 2. The van der Waals surface area contributed by atoms with Crippen LogP contribution in [-0.4, -0.2) is 25.6 Å². The number of aliphatic hydroxyl groups is 1. The molecule has 0 fully saturated rings. The average molecular weight is 373 g/mol. The van der Waals surface area contributed by atoms with Crippen molar-refractivity contribution in [1.29, 1.82) is 0 Å². The molecular formula is C23H36O2Si. The van der Waals surface area contributed by atoms with Gasteiger partial charge in [0, 0.05) is 12.0 Å². The van der Waals surface area contributed by atoms with Crippen LogP contribution in [0.25, 0.3) is 0 Å². The molecule has 1 aromatic carbocycles. The van der Waals surface area contributed by atoms with Gasteiger partial charge in [0.2, 0.25) is 0 Å². The summed E-state index contributed by atoms with van der Waals surface area (Å²) < 4.78 is 6.47. The van der Waals surface area contributed by atoms with Crippen LogP contribution in [0.15, 0.2) is 55.1 Å². The second-order valence-corrected chi connectivity index (χ2v) is 14.1. The van der Waals surface area contributed by atoms with E-state index in [1.165, 1.54) is 5.56 Å². The van der Waals surface area contributed by atoms with Crippen molar-refractivity contribution in [3.63, 3.8) is 0 Å². The molecule has 1 N–H and O–H groups in total. The predicted molar refractivity (Wildman–Crippen MR) is 114 cm³/mol. The summed E-state index contributed by atoms with van der Waals surface area (Å²) in [7, 11) is -1.80. The summed E-state index contributed by atoms with van der Waals surface area (Å²) in [5, 5.41) is 11.6. The van der Waals surface area contributed by atoms with Gasteiger partial charge in [-0.3, -0.25) is 0 Å². The highest BCUT2D eigenvalue weighted by atomic mass is 28.4. The minimum absolute atomic E-state index is 0.195. The highest BCUT2D eigenvalue weighted by molar-refractivity contribution is 6.74. The molecule has 26 heavy (non-hydrogen) atoms. The first-order valence-corrected chi connectivity index (χ1v) is 12.7. The third-order valence-corrected chi connectivity index (χ3v) is 11.1. The average Bonchev–Trinajstić information content (AvgIpc) is 2.57. The molecule has 0 saturated heterocycles. The van der Waals surface area contributed by atoms with Crippen LogP contribution in [-0.2, 0) is 10.8 Å². The maximum Gasteiger partial charge on any atom is 0.191 e. The molecule has 0 radical (unpaired) electrons. The van der Waals surface area contributed by atoms with Crippen LogP contribution in [0, 0.1) is 5.41 Å². The lowest BCUT2D eigenvalue weighted by molar-refractivity contribution is -0.0321. The lowest BCUT2D eigenvalue weighted by Crippen LogP contribution is -2.50. The largest absolute Gasteiger partial charge is 0.417 e. The molecule has 0 unspecified atom stereocenters. The Morgan fingerprint density at radius 2 is 1.88 bits per heavy atom. The van der Waals surface area contributed by atoms with Gasteiger partial charge in [-0.05, 0) is 49.4 Å². The minimum Gasteiger partial charge on any atom is -0.417 e. The second-order valence-electron chi connectivity index (χ2n) is 9.27. The smallest absolute Gasteiger partial charge is 0.191 e. The van der Waals surface area contributed by atoms with Crippen LogP contribution in [0.3, 0.4) is 0 Å². The first-order chi connectivity index (χ1) is 12.1. The van der Waals surface area contributed by atoms with E-state index in [4.69, 9.17) is 4.43 Å². The SMILES string of the molecule is C=C[C@@]1(O)C=CCC[C@]1(CCO[Si](C)(C)C(C)(C)C)Cc1ccccc1. The first kappa shape index (κ1) is 21.1. The standard InChI is InChI=1S/C23H36O2Si/c1-7-23(24)16-12-11-15-22(23,19-20-13-9-8-10-14-20)17-18-25-26(5,6)21(2,3)4/h7-10,12-14,16,24H,1,11,15,17-19H2,2-6H3/t22-,23+/m0/s1. The normalized spacial score (nSPS) is 26.7. The van der Waals surface area contributed by atoms with E-state index < -0.39 is 13.9 Å². The highest BCUT2D eigenvalue weighted by Gasteiger charge is 2.48. The van der Waals surface area contributed by atoms with Crippen molar-refractivity contribution < 1.29 is 9.53 Å². The molecule has 0 bridgehead atoms. The third kappa shape index (κ3) is 4.38. The third-order valence-electron chi connectivity index (χ3n) is 6.56. The number of rotatable bonds is 7. The molecule has 0 amide bonds. The summed E-state index contributed by atoms with van der Waals surface area (Å²) in [5.41, 5.74) is 0.000802. The monoisotopic (exact) mass is 372 g/mol. The summed E-state index contributed by atoms with van der Waals surface area (Å²) in [6.07, 6.45) is 9.35. The van der Waals surface area contributed by atoms with Crippen molar-refractivity contribution in [2.75, 3.05) is 6.61 Å². The van der Waals surface area contributed by atoms with Crippen LogP contribution in [0.5, 0.6) is 0 Å². The van der Waals surface area contributed by atoms with Crippen LogP contribution in [0.2, 0.25) is 18.1 Å². The Kier molecular flexibility index (Phi) is 6.37. The van der Waals surface area contributed by atoms with E-state index >= 15 is 0 Å². The summed E-state index contributed by atoms with van der Waals surface area (Å²) >= 11 is 0. The number of allylic oxidation sites excluding steroid dienone is 1. The van der Waals surface area contributed by atoms with E-state index in [9.17, 15) is 5.11 Å². The molecule has 0 aromatic heterocycles. The summed E-state index contributed by atoms with van der Waals surface area (Å²) in [5.74, 6) is 0. The van der Waals surface area contributed by atoms with Crippen LogP contribution >= 0.6 is 0 Å².